The van der Waals surface area contributed by atoms with Gasteiger partial charge in [0.1, 0.15) is 10.9 Å². The average molecular weight is 333 g/mol. The molecule has 0 amide bonds. The number of benzene rings is 2. The normalized spacial score (nSPS) is 21.4. The Hall–Kier alpha value is -1.89. The lowest BCUT2D eigenvalue weighted by molar-refractivity contribution is -0.782. The van der Waals surface area contributed by atoms with E-state index in [2.05, 4.69) is 0 Å². The molecule has 1 unspecified atom stereocenters. The van der Waals surface area contributed by atoms with Crippen LogP contribution in [0.2, 0.25) is 0 Å². The molecule has 1 aliphatic rings. The van der Waals surface area contributed by atoms with Crippen LogP contribution in [0.15, 0.2) is 53.4 Å². The van der Waals surface area contributed by atoms with Crippen LogP contribution in [0.25, 0.3) is 11.1 Å². The van der Waals surface area contributed by atoms with E-state index in [1.165, 1.54) is 0 Å². The molecule has 1 fully saturated rings. The number of sulfonamides is 1. The van der Waals surface area contributed by atoms with Crippen molar-refractivity contribution in [2.75, 3.05) is 18.9 Å². The van der Waals surface area contributed by atoms with E-state index in [0.717, 1.165) is 24.0 Å². The van der Waals surface area contributed by atoms with Crippen LogP contribution in [-0.2, 0) is 10.0 Å². The molecule has 23 heavy (non-hydrogen) atoms. The first kappa shape index (κ1) is 16.0. The number of rotatable bonds is 4. The van der Waals surface area contributed by atoms with Crippen molar-refractivity contribution in [2.24, 2.45) is 0 Å². The lowest BCUT2D eigenvalue weighted by Crippen LogP contribution is -3.15. The van der Waals surface area contributed by atoms with E-state index in [-0.39, 0.29) is 12.6 Å². The third kappa shape index (κ3) is 3.10. The molecular formula is C17H21N2O3S+. The predicted octanol–water partition coefficient (Wildman–Crippen LogP) is 0.664. The molecule has 0 radical (unpaired) electrons. The Morgan fingerprint density at radius 2 is 1.87 bits per heavy atom. The molecule has 0 aliphatic carbocycles. The van der Waals surface area contributed by atoms with Crippen molar-refractivity contribution >= 4 is 15.7 Å². The fourth-order valence-electron chi connectivity index (χ4n) is 3.13. The Balaban J connectivity index is 1.90. The highest BCUT2D eigenvalue weighted by atomic mass is 32.2. The minimum atomic E-state index is -3.48. The van der Waals surface area contributed by atoms with Crippen LogP contribution in [0.3, 0.4) is 0 Å². The van der Waals surface area contributed by atoms with Gasteiger partial charge in [-0.05, 0) is 35.4 Å². The zero-order chi connectivity index (χ0) is 16.4. The van der Waals surface area contributed by atoms with Crippen molar-refractivity contribution in [3.8, 4) is 11.1 Å². The summed E-state index contributed by atoms with van der Waals surface area (Å²) in [7, 11) is -3.48. The molecular weight excluding hydrogens is 312 g/mol. The topological polar surface area (TPSA) is 84.8 Å². The fraction of sp³-hybridized carbons (Fsp3) is 0.294. The lowest BCUT2D eigenvalue weighted by Gasteiger charge is -2.19. The maximum atomic E-state index is 12.7. The minimum absolute atomic E-state index is 0.101. The molecule has 3 rings (SSSR count). The summed E-state index contributed by atoms with van der Waals surface area (Å²) in [6.45, 7) is 0.445. The van der Waals surface area contributed by atoms with E-state index in [9.17, 15) is 13.5 Å². The van der Waals surface area contributed by atoms with Gasteiger partial charge in [0.05, 0.1) is 13.2 Å². The maximum absolute atomic E-state index is 12.7. The van der Waals surface area contributed by atoms with Gasteiger partial charge in [0.25, 0.3) is 0 Å². The van der Waals surface area contributed by atoms with Crippen molar-refractivity contribution < 1.29 is 17.8 Å². The molecule has 4 N–H and O–H groups in total. The Labute approximate surface area is 136 Å². The Bertz CT molecular complexity index is 788. The third-order valence-corrected chi connectivity index (χ3v) is 6.50. The minimum Gasteiger partial charge on any atom is -0.399 e. The Morgan fingerprint density at radius 3 is 2.52 bits per heavy atom. The van der Waals surface area contributed by atoms with Crippen LogP contribution in [-0.4, -0.2) is 32.7 Å². The number of nitrogens with two attached hydrogens (primary N) is 1. The van der Waals surface area contributed by atoms with Gasteiger partial charge >= 0.3 is 10.0 Å². The SMILES string of the molecule is Nc1cccc(-c2ccc(S(=O)(=O)[NH+]3CCC[C@@H]3CO)cc2)c1. The Kier molecular flexibility index (Phi) is 4.39. The molecule has 1 aliphatic heterocycles. The predicted molar refractivity (Wildman–Crippen MR) is 89.4 cm³/mol. The summed E-state index contributed by atoms with van der Waals surface area (Å²) in [5.74, 6) is 0. The first-order valence-electron chi connectivity index (χ1n) is 7.70. The van der Waals surface area contributed by atoms with Crippen LogP contribution in [0, 0.1) is 0 Å². The third-order valence-electron chi connectivity index (χ3n) is 4.38. The van der Waals surface area contributed by atoms with E-state index >= 15 is 0 Å². The molecule has 5 nitrogen and oxygen atoms in total. The summed E-state index contributed by atoms with van der Waals surface area (Å²) in [4.78, 5) is 0.292. The molecule has 0 bridgehead atoms. The van der Waals surface area contributed by atoms with Crippen molar-refractivity contribution in [3.05, 3.63) is 48.5 Å². The molecule has 1 heterocycles. The summed E-state index contributed by atoms with van der Waals surface area (Å²) in [6.07, 6.45) is 1.56. The van der Waals surface area contributed by atoms with Gasteiger partial charge < -0.3 is 10.8 Å². The molecule has 2 aromatic rings. The van der Waals surface area contributed by atoms with Crippen LogP contribution >= 0.6 is 0 Å². The molecule has 2 aromatic carbocycles. The van der Waals surface area contributed by atoms with Crippen LogP contribution in [0.5, 0.6) is 0 Å². The molecule has 1 saturated heterocycles. The number of nitrogens with one attached hydrogen (secondary N) is 1. The van der Waals surface area contributed by atoms with E-state index in [4.69, 9.17) is 5.73 Å². The first-order chi connectivity index (χ1) is 11.0. The van der Waals surface area contributed by atoms with Crippen molar-refractivity contribution in [1.82, 2.24) is 0 Å². The molecule has 122 valence electrons. The zero-order valence-electron chi connectivity index (χ0n) is 12.8. The summed E-state index contributed by atoms with van der Waals surface area (Å²) in [6, 6.07) is 14.1. The first-order valence-corrected chi connectivity index (χ1v) is 9.18. The van der Waals surface area contributed by atoms with E-state index in [1.807, 2.05) is 24.3 Å². The lowest BCUT2D eigenvalue weighted by atomic mass is 10.1. The average Bonchev–Trinajstić information content (AvgIpc) is 3.04. The van der Waals surface area contributed by atoms with Crippen LogP contribution in [0.4, 0.5) is 5.69 Å². The van der Waals surface area contributed by atoms with Gasteiger partial charge in [0.15, 0.2) is 0 Å². The smallest absolute Gasteiger partial charge is 0.326 e. The maximum Gasteiger partial charge on any atom is 0.326 e. The molecule has 0 aromatic heterocycles. The van der Waals surface area contributed by atoms with Gasteiger partial charge in [-0.2, -0.15) is 8.42 Å². The second-order valence-electron chi connectivity index (χ2n) is 5.89. The van der Waals surface area contributed by atoms with Gasteiger partial charge in [0, 0.05) is 18.5 Å². The standard InChI is InChI=1S/C17H20N2O3S/c18-15-4-1-3-14(11-15)13-6-8-17(9-7-13)23(21,22)19-10-2-5-16(19)12-20/h1,3-4,6-9,11,16,20H,2,5,10,12,18H2/p+1/t16-/m1/s1. The molecule has 0 spiro atoms. The highest BCUT2D eigenvalue weighted by Crippen LogP contribution is 2.23. The number of quaternary nitrogens is 1. The van der Waals surface area contributed by atoms with Crippen molar-refractivity contribution in [2.45, 2.75) is 23.8 Å². The summed E-state index contributed by atoms with van der Waals surface area (Å²) < 4.78 is 25.9. The summed E-state index contributed by atoms with van der Waals surface area (Å²) in [5, 5.41) is 9.37. The number of anilines is 1. The van der Waals surface area contributed by atoms with Crippen molar-refractivity contribution in [3.63, 3.8) is 0 Å². The van der Waals surface area contributed by atoms with Crippen molar-refractivity contribution in [1.29, 1.82) is 0 Å². The van der Waals surface area contributed by atoms with Gasteiger partial charge in [0.2, 0.25) is 0 Å². The second-order valence-corrected chi connectivity index (χ2v) is 7.89. The largest absolute Gasteiger partial charge is 0.399 e. The second kappa shape index (κ2) is 6.31. The van der Waals surface area contributed by atoms with E-state index in [0.29, 0.717) is 21.4 Å². The number of aliphatic hydroxyl groups is 1. The fourth-order valence-corrected chi connectivity index (χ4v) is 4.97. The quantitative estimate of drug-likeness (QED) is 0.718. The van der Waals surface area contributed by atoms with Gasteiger partial charge in [-0.15, -0.1) is 0 Å². The monoisotopic (exact) mass is 333 g/mol. The van der Waals surface area contributed by atoms with E-state index < -0.39 is 10.0 Å². The van der Waals surface area contributed by atoms with Gasteiger partial charge in [-0.3, -0.25) is 0 Å². The molecule has 6 heteroatoms. The summed E-state index contributed by atoms with van der Waals surface area (Å²) >= 11 is 0. The summed E-state index contributed by atoms with van der Waals surface area (Å²) in [5.41, 5.74) is 8.34. The van der Waals surface area contributed by atoms with E-state index in [1.54, 1.807) is 24.3 Å². The highest BCUT2D eigenvalue weighted by Gasteiger charge is 2.38. The molecule has 2 atom stereocenters. The Morgan fingerprint density at radius 1 is 1.13 bits per heavy atom. The number of hydrogen-bond donors (Lipinski definition) is 3. The highest BCUT2D eigenvalue weighted by molar-refractivity contribution is 7.85. The number of nitrogen functional groups attached to an aromatic ring is 1. The van der Waals surface area contributed by atoms with Gasteiger partial charge in [-0.25, -0.2) is 4.31 Å². The van der Waals surface area contributed by atoms with Crippen LogP contribution < -0.4 is 10.0 Å². The van der Waals surface area contributed by atoms with Crippen LogP contribution in [0.1, 0.15) is 12.8 Å². The van der Waals surface area contributed by atoms with Gasteiger partial charge in [-0.1, -0.05) is 24.3 Å². The number of hydrogen-bond acceptors (Lipinski definition) is 4. The molecule has 0 saturated carbocycles. The number of aliphatic hydroxyl groups excluding tert-OH is 1. The zero-order valence-corrected chi connectivity index (χ0v) is 13.6.